The molecule has 0 aliphatic rings. The predicted molar refractivity (Wildman–Crippen MR) is 66.6 cm³/mol. The maximum absolute atomic E-state index is 10.1. The summed E-state index contributed by atoms with van der Waals surface area (Å²) in [6.45, 7) is 2.78. The number of hydrogen-bond donors (Lipinski definition) is 2. The molecule has 1 atom stereocenters. The van der Waals surface area contributed by atoms with Gasteiger partial charge in [-0.3, -0.25) is 0 Å². The van der Waals surface area contributed by atoms with E-state index in [2.05, 4.69) is 10.3 Å². The van der Waals surface area contributed by atoms with Crippen molar-refractivity contribution in [3.63, 3.8) is 0 Å². The zero-order valence-corrected chi connectivity index (χ0v) is 10.4. The van der Waals surface area contributed by atoms with Gasteiger partial charge >= 0.3 is 0 Å². The predicted octanol–water partition coefficient (Wildman–Crippen LogP) is 0.678. The summed E-state index contributed by atoms with van der Waals surface area (Å²) in [6, 6.07) is 5.37. The molecular formula is C12H18N4O. The Morgan fingerprint density at radius 3 is 2.71 bits per heavy atom. The van der Waals surface area contributed by atoms with E-state index >= 15 is 0 Å². The van der Waals surface area contributed by atoms with Gasteiger partial charge in [-0.05, 0) is 33.2 Å². The number of aliphatic hydroxyl groups is 1. The van der Waals surface area contributed by atoms with Gasteiger partial charge < -0.3 is 15.3 Å². The molecule has 0 radical (unpaired) electrons. The summed E-state index contributed by atoms with van der Waals surface area (Å²) in [6.07, 6.45) is 1.59. The maximum Gasteiger partial charge on any atom is 0.140 e. The molecule has 0 bridgehead atoms. The Balaban J connectivity index is 2.52. The van der Waals surface area contributed by atoms with Gasteiger partial charge in [0.1, 0.15) is 11.8 Å². The first-order valence-electron chi connectivity index (χ1n) is 5.40. The fourth-order valence-corrected chi connectivity index (χ4v) is 1.59. The van der Waals surface area contributed by atoms with E-state index in [9.17, 15) is 5.11 Å². The summed E-state index contributed by atoms with van der Waals surface area (Å²) in [7, 11) is 3.83. The molecule has 0 aliphatic heterocycles. The second-order valence-electron chi connectivity index (χ2n) is 4.63. The summed E-state index contributed by atoms with van der Waals surface area (Å²) in [5.41, 5.74) is 0.371. The standard InChI is InChI=1S/C12H18N4O/c1-12(17,9-16(2)3)8-15-11-5-4-10(6-13)14-7-11/h4-5,7,15,17H,8-9H2,1-3H3. The molecule has 5 nitrogen and oxygen atoms in total. The van der Waals surface area contributed by atoms with Gasteiger partial charge in [-0.2, -0.15) is 5.26 Å². The van der Waals surface area contributed by atoms with Crippen LogP contribution in [0.5, 0.6) is 0 Å². The molecule has 1 aromatic rings. The Hall–Kier alpha value is -1.64. The van der Waals surface area contributed by atoms with Gasteiger partial charge in [-0.15, -0.1) is 0 Å². The number of nitrogens with zero attached hydrogens (tertiary/aromatic N) is 3. The van der Waals surface area contributed by atoms with Crippen molar-refractivity contribution in [2.75, 3.05) is 32.5 Å². The third kappa shape index (κ3) is 4.81. The van der Waals surface area contributed by atoms with Crippen LogP contribution in [0.25, 0.3) is 0 Å². The van der Waals surface area contributed by atoms with Gasteiger partial charge in [0.15, 0.2) is 0 Å². The van der Waals surface area contributed by atoms with Crippen LogP contribution in [-0.4, -0.2) is 47.8 Å². The lowest BCUT2D eigenvalue weighted by atomic mass is 10.1. The molecule has 1 unspecified atom stereocenters. The van der Waals surface area contributed by atoms with Crippen LogP contribution in [0.1, 0.15) is 12.6 Å². The van der Waals surface area contributed by atoms with E-state index in [0.29, 0.717) is 18.8 Å². The first-order chi connectivity index (χ1) is 7.93. The number of hydrogen-bond acceptors (Lipinski definition) is 5. The van der Waals surface area contributed by atoms with Crippen LogP contribution in [0.2, 0.25) is 0 Å². The van der Waals surface area contributed by atoms with Gasteiger partial charge in [0.2, 0.25) is 0 Å². The summed E-state index contributed by atoms with van der Waals surface area (Å²) < 4.78 is 0. The number of likely N-dealkylation sites (N-methyl/N-ethyl adjacent to an activating group) is 1. The van der Waals surface area contributed by atoms with Crippen LogP contribution in [0.15, 0.2) is 18.3 Å². The molecule has 0 saturated carbocycles. The first kappa shape index (κ1) is 13.4. The Morgan fingerprint density at radius 1 is 1.53 bits per heavy atom. The highest BCUT2D eigenvalue weighted by Gasteiger charge is 2.20. The van der Waals surface area contributed by atoms with E-state index in [1.807, 2.05) is 25.1 Å². The average molecular weight is 234 g/mol. The molecule has 0 aliphatic carbocycles. The molecule has 92 valence electrons. The van der Waals surface area contributed by atoms with Crippen molar-refractivity contribution in [2.24, 2.45) is 0 Å². The van der Waals surface area contributed by atoms with E-state index in [-0.39, 0.29) is 0 Å². The Kier molecular flexibility index (Phi) is 4.44. The van der Waals surface area contributed by atoms with E-state index in [4.69, 9.17) is 5.26 Å². The number of pyridine rings is 1. The number of aromatic nitrogens is 1. The molecule has 0 saturated heterocycles. The largest absolute Gasteiger partial charge is 0.387 e. The van der Waals surface area contributed by atoms with E-state index in [1.54, 1.807) is 25.3 Å². The monoisotopic (exact) mass is 234 g/mol. The minimum absolute atomic E-state index is 0.385. The maximum atomic E-state index is 10.1. The number of nitriles is 1. The lowest BCUT2D eigenvalue weighted by Crippen LogP contribution is -2.43. The fraction of sp³-hybridized carbons (Fsp3) is 0.500. The Bertz CT molecular complexity index is 392. The molecule has 5 heteroatoms. The third-order valence-electron chi connectivity index (χ3n) is 2.21. The van der Waals surface area contributed by atoms with Crippen molar-refractivity contribution >= 4 is 5.69 Å². The molecule has 1 heterocycles. The SMILES string of the molecule is CN(C)CC(C)(O)CNc1ccc(C#N)nc1. The zero-order chi connectivity index (χ0) is 12.9. The average Bonchev–Trinajstić information content (AvgIpc) is 2.25. The van der Waals surface area contributed by atoms with Crippen molar-refractivity contribution < 1.29 is 5.11 Å². The van der Waals surface area contributed by atoms with Crippen LogP contribution < -0.4 is 5.32 Å². The van der Waals surface area contributed by atoms with Crippen molar-refractivity contribution in [3.05, 3.63) is 24.0 Å². The van der Waals surface area contributed by atoms with Crippen LogP contribution in [0.4, 0.5) is 5.69 Å². The molecule has 0 fully saturated rings. The zero-order valence-electron chi connectivity index (χ0n) is 10.4. The van der Waals surface area contributed by atoms with Gasteiger partial charge in [-0.25, -0.2) is 4.98 Å². The molecule has 2 N–H and O–H groups in total. The van der Waals surface area contributed by atoms with Gasteiger partial charge in [0.25, 0.3) is 0 Å². The van der Waals surface area contributed by atoms with E-state index in [1.165, 1.54) is 0 Å². The second kappa shape index (κ2) is 5.62. The van der Waals surface area contributed by atoms with Gasteiger partial charge in [-0.1, -0.05) is 0 Å². The molecule has 0 amide bonds. The first-order valence-corrected chi connectivity index (χ1v) is 5.40. The summed E-state index contributed by atoms with van der Waals surface area (Å²) in [5, 5.41) is 21.8. The topological polar surface area (TPSA) is 72.2 Å². The van der Waals surface area contributed by atoms with Crippen LogP contribution in [0, 0.1) is 11.3 Å². The lowest BCUT2D eigenvalue weighted by Gasteiger charge is -2.27. The molecule has 0 spiro atoms. The van der Waals surface area contributed by atoms with E-state index < -0.39 is 5.60 Å². The minimum atomic E-state index is -0.808. The second-order valence-corrected chi connectivity index (χ2v) is 4.63. The normalized spacial score (nSPS) is 14.1. The quantitative estimate of drug-likeness (QED) is 0.783. The molecule has 1 aromatic heterocycles. The number of anilines is 1. The molecular weight excluding hydrogens is 216 g/mol. The van der Waals surface area contributed by atoms with Gasteiger partial charge in [0.05, 0.1) is 17.5 Å². The van der Waals surface area contributed by atoms with Crippen LogP contribution >= 0.6 is 0 Å². The number of rotatable bonds is 5. The van der Waals surface area contributed by atoms with Crippen molar-refractivity contribution in [2.45, 2.75) is 12.5 Å². The number of nitrogens with one attached hydrogen (secondary N) is 1. The molecule has 1 rings (SSSR count). The molecule has 0 aromatic carbocycles. The van der Waals surface area contributed by atoms with Crippen molar-refractivity contribution in [1.82, 2.24) is 9.88 Å². The molecule has 17 heavy (non-hydrogen) atoms. The van der Waals surface area contributed by atoms with Gasteiger partial charge in [0, 0.05) is 13.1 Å². The highest BCUT2D eigenvalue weighted by Crippen LogP contribution is 2.09. The Labute approximate surface area is 102 Å². The highest BCUT2D eigenvalue weighted by molar-refractivity contribution is 5.42. The summed E-state index contributed by atoms with van der Waals surface area (Å²) in [4.78, 5) is 5.87. The summed E-state index contributed by atoms with van der Waals surface area (Å²) in [5.74, 6) is 0. The fourth-order valence-electron chi connectivity index (χ4n) is 1.59. The lowest BCUT2D eigenvalue weighted by molar-refractivity contribution is 0.0460. The van der Waals surface area contributed by atoms with Crippen molar-refractivity contribution in [3.8, 4) is 6.07 Å². The van der Waals surface area contributed by atoms with Crippen LogP contribution in [0.3, 0.4) is 0 Å². The van der Waals surface area contributed by atoms with Crippen molar-refractivity contribution in [1.29, 1.82) is 5.26 Å². The minimum Gasteiger partial charge on any atom is -0.387 e. The highest BCUT2D eigenvalue weighted by atomic mass is 16.3. The van der Waals surface area contributed by atoms with Crippen LogP contribution in [-0.2, 0) is 0 Å². The Morgan fingerprint density at radius 2 is 2.24 bits per heavy atom. The third-order valence-corrected chi connectivity index (χ3v) is 2.21. The summed E-state index contributed by atoms with van der Waals surface area (Å²) >= 11 is 0. The smallest absolute Gasteiger partial charge is 0.140 e. The van der Waals surface area contributed by atoms with E-state index in [0.717, 1.165) is 5.69 Å².